The topological polar surface area (TPSA) is 26.0 Å². The summed E-state index contributed by atoms with van der Waals surface area (Å²) in [6.07, 6.45) is 12.9. The average molecular weight is 200 g/mol. The summed E-state index contributed by atoms with van der Waals surface area (Å²) in [6.45, 7) is 0. The zero-order valence-corrected chi connectivity index (χ0v) is 8.78. The molecule has 0 aromatic rings. The van der Waals surface area contributed by atoms with Crippen LogP contribution in [0.2, 0.25) is 0 Å². The molecule has 1 nitrogen and oxygen atoms in total. The van der Waals surface area contributed by atoms with Gasteiger partial charge in [0.25, 0.3) is 0 Å². The van der Waals surface area contributed by atoms with Crippen LogP contribution in [0.25, 0.3) is 0 Å². The Balaban J connectivity index is 0.000000653. The third-order valence-corrected chi connectivity index (χ3v) is 4.73. The van der Waals surface area contributed by atoms with Crippen molar-refractivity contribution in [2.24, 2.45) is 16.6 Å². The minimum absolute atomic E-state index is 0. The minimum atomic E-state index is 0. The summed E-state index contributed by atoms with van der Waals surface area (Å²) in [6, 6.07) is 0.530. The van der Waals surface area contributed by atoms with Gasteiger partial charge in [-0.3, -0.25) is 0 Å². The standard InChI is InChI=1S/C11H17N.ClH/c12-9-10-5-1-2-6-11(9,10)8-4-3-7-10;/h1-2,9H,3-8,12H2;1H. The molecule has 2 atom stereocenters. The molecule has 0 aliphatic heterocycles. The van der Waals surface area contributed by atoms with Gasteiger partial charge in [0, 0.05) is 6.04 Å². The fourth-order valence-corrected chi connectivity index (χ4v) is 3.92. The van der Waals surface area contributed by atoms with E-state index >= 15 is 0 Å². The van der Waals surface area contributed by atoms with Crippen molar-refractivity contribution in [3.8, 4) is 0 Å². The second-order valence-corrected chi connectivity index (χ2v) is 4.88. The second kappa shape index (κ2) is 2.74. The van der Waals surface area contributed by atoms with E-state index in [4.69, 9.17) is 5.73 Å². The van der Waals surface area contributed by atoms with Gasteiger partial charge < -0.3 is 5.73 Å². The lowest BCUT2D eigenvalue weighted by molar-refractivity contribution is 0.231. The number of rotatable bonds is 0. The molecular formula is C11H18ClN. The van der Waals surface area contributed by atoms with Crippen LogP contribution in [0.15, 0.2) is 12.2 Å². The van der Waals surface area contributed by atoms with Crippen LogP contribution in [0, 0.1) is 10.8 Å². The molecule has 0 bridgehead atoms. The summed E-state index contributed by atoms with van der Waals surface area (Å²) >= 11 is 0. The maximum Gasteiger partial charge on any atom is 0.0170 e. The third kappa shape index (κ3) is 0.875. The highest BCUT2D eigenvalue weighted by Crippen LogP contribution is 2.75. The van der Waals surface area contributed by atoms with Gasteiger partial charge in [-0.2, -0.15) is 0 Å². The molecule has 2 unspecified atom stereocenters. The Labute approximate surface area is 86.2 Å². The Bertz CT molecular complexity index is 226. The smallest absolute Gasteiger partial charge is 0.0170 e. The van der Waals surface area contributed by atoms with Crippen LogP contribution in [-0.2, 0) is 0 Å². The van der Waals surface area contributed by atoms with Crippen molar-refractivity contribution in [3.05, 3.63) is 12.2 Å². The number of hydrogen-bond acceptors (Lipinski definition) is 1. The van der Waals surface area contributed by atoms with Crippen molar-refractivity contribution in [2.75, 3.05) is 0 Å². The fourth-order valence-electron chi connectivity index (χ4n) is 3.92. The Morgan fingerprint density at radius 1 is 1.00 bits per heavy atom. The molecule has 2 fully saturated rings. The van der Waals surface area contributed by atoms with E-state index in [0.29, 0.717) is 16.9 Å². The Morgan fingerprint density at radius 3 is 1.92 bits per heavy atom. The van der Waals surface area contributed by atoms with Crippen molar-refractivity contribution >= 4 is 12.4 Å². The van der Waals surface area contributed by atoms with Crippen LogP contribution in [0.1, 0.15) is 38.5 Å². The van der Waals surface area contributed by atoms with Gasteiger partial charge in [-0.05, 0) is 36.5 Å². The first-order valence-corrected chi connectivity index (χ1v) is 5.22. The Morgan fingerprint density at radius 2 is 1.46 bits per heavy atom. The van der Waals surface area contributed by atoms with Gasteiger partial charge in [0.2, 0.25) is 0 Å². The molecule has 0 aromatic heterocycles. The van der Waals surface area contributed by atoms with E-state index in [1.165, 1.54) is 38.5 Å². The van der Waals surface area contributed by atoms with Gasteiger partial charge in [-0.1, -0.05) is 25.0 Å². The molecule has 2 N–H and O–H groups in total. The Hall–Kier alpha value is -0.0100. The van der Waals surface area contributed by atoms with E-state index in [2.05, 4.69) is 12.2 Å². The number of halogens is 1. The lowest BCUT2D eigenvalue weighted by Crippen LogP contribution is -2.20. The van der Waals surface area contributed by atoms with Crippen LogP contribution in [0.4, 0.5) is 0 Å². The van der Waals surface area contributed by atoms with Crippen molar-refractivity contribution in [3.63, 3.8) is 0 Å². The first kappa shape index (κ1) is 9.54. The van der Waals surface area contributed by atoms with Crippen LogP contribution in [0.5, 0.6) is 0 Å². The van der Waals surface area contributed by atoms with Gasteiger partial charge in [-0.15, -0.1) is 12.4 Å². The van der Waals surface area contributed by atoms with Crippen LogP contribution < -0.4 is 5.73 Å². The first-order valence-electron chi connectivity index (χ1n) is 5.22. The number of allylic oxidation sites excluding steroid dienone is 2. The summed E-state index contributed by atoms with van der Waals surface area (Å²) in [5.74, 6) is 0. The zero-order valence-electron chi connectivity index (χ0n) is 7.96. The van der Waals surface area contributed by atoms with Gasteiger partial charge >= 0.3 is 0 Å². The molecule has 13 heavy (non-hydrogen) atoms. The molecule has 3 aliphatic carbocycles. The van der Waals surface area contributed by atoms with Gasteiger partial charge in [0.15, 0.2) is 0 Å². The second-order valence-electron chi connectivity index (χ2n) is 4.88. The maximum atomic E-state index is 6.26. The van der Waals surface area contributed by atoms with Crippen molar-refractivity contribution < 1.29 is 0 Å². The van der Waals surface area contributed by atoms with E-state index < -0.39 is 0 Å². The van der Waals surface area contributed by atoms with Crippen LogP contribution in [-0.4, -0.2) is 6.04 Å². The lowest BCUT2D eigenvalue weighted by atomic mass is 9.73. The quantitative estimate of drug-likeness (QED) is 0.597. The third-order valence-electron chi connectivity index (χ3n) is 4.73. The molecule has 0 amide bonds. The molecule has 2 heteroatoms. The Kier molecular flexibility index (Phi) is 2.01. The maximum absolute atomic E-state index is 6.26. The number of hydrogen-bond donors (Lipinski definition) is 1. The molecule has 0 radical (unpaired) electrons. The predicted octanol–water partition coefficient (Wildman–Crippen LogP) is 2.65. The normalized spacial score (nSPS) is 51.6. The SMILES string of the molecule is Cl.NC1C23CC=CCC12CCCC3. The monoisotopic (exact) mass is 199 g/mol. The minimum Gasteiger partial charge on any atom is -0.327 e. The van der Waals surface area contributed by atoms with Crippen molar-refractivity contribution in [2.45, 2.75) is 44.6 Å². The average Bonchev–Trinajstić information content (AvgIpc) is 2.69. The van der Waals surface area contributed by atoms with Crippen molar-refractivity contribution in [1.82, 2.24) is 0 Å². The summed E-state index contributed by atoms with van der Waals surface area (Å²) in [5.41, 5.74) is 7.40. The molecule has 0 aromatic carbocycles. The van der Waals surface area contributed by atoms with E-state index in [9.17, 15) is 0 Å². The molecule has 0 heterocycles. The van der Waals surface area contributed by atoms with Gasteiger partial charge in [0.1, 0.15) is 0 Å². The summed E-state index contributed by atoms with van der Waals surface area (Å²) in [5, 5.41) is 0. The molecule has 74 valence electrons. The molecular weight excluding hydrogens is 182 g/mol. The largest absolute Gasteiger partial charge is 0.327 e. The summed E-state index contributed by atoms with van der Waals surface area (Å²) in [4.78, 5) is 0. The summed E-state index contributed by atoms with van der Waals surface area (Å²) < 4.78 is 0. The lowest BCUT2D eigenvalue weighted by Gasteiger charge is -2.30. The van der Waals surface area contributed by atoms with E-state index in [1.54, 1.807) is 0 Å². The zero-order chi connectivity index (χ0) is 8.23. The molecule has 3 aliphatic rings. The van der Waals surface area contributed by atoms with Crippen LogP contribution >= 0.6 is 12.4 Å². The van der Waals surface area contributed by atoms with E-state index in [1.807, 2.05) is 0 Å². The van der Waals surface area contributed by atoms with E-state index in [-0.39, 0.29) is 12.4 Å². The fraction of sp³-hybridized carbons (Fsp3) is 0.818. The van der Waals surface area contributed by atoms with Gasteiger partial charge in [-0.25, -0.2) is 0 Å². The highest BCUT2D eigenvalue weighted by molar-refractivity contribution is 5.85. The van der Waals surface area contributed by atoms with Crippen molar-refractivity contribution in [1.29, 1.82) is 0 Å². The van der Waals surface area contributed by atoms with Crippen LogP contribution in [0.3, 0.4) is 0 Å². The molecule has 3 rings (SSSR count). The highest BCUT2D eigenvalue weighted by atomic mass is 35.5. The molecule has 0 spiro atoms. The summed E-state index contributed by atoms with van der Waals surface area (Å²) in [7, 11) is 0. The molecule has 0 saturated heterocycles. The molecule has 2 saturated carbocycles. The number of nitrogens with two attached hydrogens (primary N) is 1. The highest BCUT2D eigenvalue weighted by Gasteiger charge is 2.73. The predicted molar refractivity (Wildman–Crippen MR) is 56.9 cm³/mol. The first-order chi connectivity index (χ1) is 5.82. The van der Waals surface area contributed by atoms with E-state index in [0.717, 1.165) is 0 Å². The van der Waals surface area contributed by atoms with Gasteiger partial charge in [0.05, 0.1) is 0 Å².